The first-order chi connectivity index (χ1) is 18.7. The van der Waals surface area contributed by atoms with Gasteiger partial charge in [-0.3, -0.25) is 0 Å². The van der Waals surface area contributed by atoms with Gasteiger partial charge in [0.2, 0.25) is 5.82 Å². The maximum atomic E-state index is 15.6. The van der Waals surface area contributed by atoms with E-state index in [1.165, 1.54) is 24.3 Å². The Morgan fingerprint density at radius 1 is 0.500 bits per heavy atom. The lowest BCUT2D eigenvalue weighted by Crippen LogP contribution is -2.45. The average Bonchev–Trinajstić information content (AvgIpc) is 2.92. The lowest BCUT2D eigenvalue weighted by atomic mass is 9.71. The molecule has 0 saturated carbocycles. The van der Waals surface area contributed by atoms with E-state index in [-0.39, 0.29) is 0 Å². The first-order valence-electron chi connectivity index (χ1n) is 11.1. The zero-order valence-electron chi connectivity index (χ0n) is 19.6. The molecule has 1 heterocycles. The Labute approximate surface area is 216 Å². The highest BCUT2D eigenvalue weighted by Gasteiger charge is 2.58. The van der Waals surface area contributed by atoms with Crippen molar-refractivity contribution >= 4 is 17.1 Å². The quantitative estimate of drug-likeness (QED) is 0.130. The molecule has 1 aliphatic rings. The van der Waals surface area contributed by atoms with E-state index >= 15 is 17.6 Å². The van der Waals surface area contributed by atoms with Gasteiger partial charge < -0.3 is 4.90 Å². The molecule has 13 heteroatoms. The van der Waals surface area contributed by atoms with Crippen molar-refractivity contribution in [2.75, 3.05) is 4.90 Å². The van der Waals surface area contributed by atoms with Crippen molar-refractivity contribution in [2.24, 2.45) is 0 Å². The van der Waals surface area contributed by atoms with E-state index < -0.39 is 103 Å². The number of nitrogens with zero attached hydrogens (tertiary/aromatic N) is 1. The highest BCUT2D eigenvalue weighted by Crippen LogP contribution is 2.58. The topological polar surface area (TPSA) is 3.24 Å². The molecule has 208 valence electrons. The summed E-state index contributed by atoms with van der Waals surface area (Å²) in [6.07, 6.45) is -4.98. The molecule has 0 unspecified atom stereocenters. The van der Waals surface area contributed by atoms with Gasteiger partial charge in [-0.05, 0) is 30.2 Å². The number of halogens is 12. The monoisotopic (exact) mass is 577 g/mol. The Morgan fingerprint density at radius 2 is 0.825 bits per heavy atom. The smallest absolute Gasteiger partial charge is 0.304 e. The van der Waals surface area contributed by atoms with E-state index in [1.807, 2.05) is 0 Å². The summed E-state index contributed by atoms with van der Waals surface area (Å²) in [5.41, 5.74) is -11.2. The van der Waals surface area contributed by atoms with Crippen LogP contribution in [0.2, 0.25) is 0 Å². The summed E-state index contributed by atoms with van der Waals surface area (Å²) >= 11 is 0. The van der Waals surface area contributed by atoms with Crippen LogP contribution in [-0.4, -0.2) is 6.18 Å². The number of alkyl halides is 3. The fourth-order valence-corrected chi connectivity index (χ4v) is 4.86. The van der Waals surface area contributed by atoms with Crippen LogP contribution in [0.3, 0.4) is 0 Å². The zero-order valence-corrected chi connectivity index (χ0v) is 19.6. The van der Waals surface area contributed by atoms with E-state index in [1.54, 1.807) is 0 Å². The molecule has 1 aliphatic heterocycles. The van der Waals surface area contributed by atoms with Gasteiger partial charge in [0.1, 0.15) is 11.1 Å². The van der Waals surface area contributed by atoms with Crippen LogP contribution >= 0.6 is 0 Å². The van der Waals surface area contributed by atoms with Crippen molar-refractivity contribution < 1.29 is 52.7 Å². The average molecular weight is 577 g/mol. The fourth-order valence-electron chi connectivity index (χ4n) is 4.86. The second-order valence-electron chi connectivity index (χ2n) is 8.92. The molecular formula is C27H11F12N. The van der Waals surface area contributed by atoms with Crippen LogP contribution in [0.5, 0.6) is 0 Å². The Balaban J connectivity index is 1.87. The minimum atomic E-state index is -4.98. The molecule has 0 amide bonds. The minimum Gasteiger partial charge on any atom is -0.304 e. The van der Waals surface area contributed by atoms with Crippen LogP contribution in [0, 0.1) is 52.4 Å². The van der Waals surface area contributed by atoms with Crippen molar-refractivity contribution in [1.82, 2.24) is 0 Å². The van der Waals surface area contributed by atoms with E-state index in [4.69, 9.17) is 0 Å². The number of hydrogen-bond donors (Lipinski definition) is 0. The van der Waals surface area contributed by atoms with Crippen molar-refractivity contribution in [3.05, 3.63) is 112 Å². The lowest BCUT2D eigenvalue weighted by molar-refractivity contribution is -0.173. The van der Waals surface area contributed by atoms with Crippen LogP contribution in [0.4, 0.5) is 69.7 Å². The SMILES string of the molecule is CC1(C(F)(F)F)c2ccccc2N(c2c(F)c(F)c(-c3c(F)c(F)c(F)c(F)c3F)c(F)c2F)c2ccccc21. The summed E-state index contributed by atoms with van der Waals surface area (Å²) in [6, 6.07) is 8.69. The van der Waals surface area contributed by atoms with E-state index in [0.717, 1.165) is 31.2 Å². The van der Waals surface area contributed by atoms with Gasteiger partial charge in [-0.25, -0.2) is 39.5 Å². The molecule has 0 radical (unpaired) electrons. The normalized spacial score (nSPS) is 14.3. The summed E-state index contributed by atoms with van der Waals surface area (Å²) in [7, 11) is 0. The molecule has 40 heavy (non-hydrogen) atoms. The first-order valence-corrected chi connectivity index (χ1v) is 11.1. The molecule has 4 aromatic carbocycles. The van der Waals surface area contributed by atoms with Gasteiger partial charge in [0.05, 0.1) is 22.5 Å². The molecule has 0 saturated heterocycles. The minimum absolute atomic E-state index is 0.442. The molecule has 5 rings (SSSR count). The van der Waals surface area contributed by atoms with E-state index in [0.29, 0.717) is 4.90 Å². The predicted octanol–water partition coefficient (Wildman–Crippen LogP) is 9.26. The molecule has 4 aromatic rings. The molecule has 0 bridgehead atoms. The number of para-hydroxylation sites is 2. The predicted molar refractivity (Wildman–Crippen MR) is 119 cm³/mol. The van der Waals surface area contributed by atoms with Gasteiger partial charge in [-0.2, -0.15) is 13.2 Å². The molecule has 1 nitrogen and oxygen atoms in total. The lowest BCUT2D eigenvalue weighted by Gasteiger charge is -2.44. The third kappa shape index (κ3) is 3.45. The number of anilines is 3. The molecule has 0 spiro atoms. The van der Waals surface area contributed by atoms with Gasteiger partial charge in [-0.15, -0.1) is 0 Å². The maximum absolute atomic E-state index is 15.6. The Kier molecular flexibility index (Phi) is 6.12. The number of rotatable bonds is 2. The highest BCUT2D eigenvalue weighted by atomic mass is 19.4. The summed E-state index contributed by atoms with van der Waals surface area (Å²) in [6.45, 7) is 0.794. The molecular weight excluding hydrogens is 566 g/mol. The van der Waals surface area contributed by atoms with Gasteiger partial charge in [0.25, 0.3) is 0 Å². The number of fused-ring (bicyclic) bond motifs is 2. The van der Waals surface area contributed by atoms with Gasteiger partial charge in [0, 0.05) is 0 Å². The van der Waals surface area contributed by atoms with Crippen molar-refractivity contribution in [2.45, 2.75) is 18.5 Å². The van der Waals surface area contributed by atoms with Crippen LogP contribution in [0.25, 0.3) is 11.1 Å². The van der Waals surface area contributed by atoms with E-state index in [2.05, 4.69) is 0 Å². The zero-order chi connectivity index (χ0) is 29.5. The van der Waals surface area contributed by atoms with Gasteiger partial charge in [0.15, 0.2) is 46.5 Å². The molecule has 0 atom stereocenters. The summed E-state index contributed by atoms with van der Waals surface area (Å²) in [5.74, 6) is -23.4. The standard InChI is InChI=1S/C27H11F12N/c1-26(27(37,38)39)10-6-2-4-8-12(10)40(13-9-5-3-7-11(13)26)25-23(35)18(30)15(19(31)24(25)36)14-16(28)20(32)22(34)21(33)17(14)29/h2-9H,1H3. The molecule has 0 aliphatic carbocycles. The molecule has 0 aromatic heterocycles. The highest BCUT2D eigenvalue weighted by molar-refractivity contribution is 5.87. The second-order valence-corrected chi connectivity index (χ2v) is 8.92. The summed E-state index contributed by atoms with van der Waals surface area (Å²) < 4.78 is 175. The van der Waals surface area contributed by atoms with Crippen LogP contribution in [0.15, 0.2) is 48.5 Å². The number of hydrogen-bond acceptors (Lipinski definition) is 1. The molecule has 0 N–H and O–H groups in total. The number of benzene rings is 4. The second kappa shape index (κ2) is 8.93. The van der Waals surface area contributed by atoms with Crippen LogP contribution in [0.1, 0.15) is 18.1 Å². The van der Waals surface area contributed by atoms with E-state index in [9.17, 15) is 35.1 Å². The Morgan fingerprint density at radius 3 is 1.20 bits per heavy atom. The van der Waals surface area contributed by atoms with Crippen molar-refractivity contribution in [1.29, 1.82) is 0 Å². The van der Waals surface area contributed by atoms with Crippen LogP contribution < -0.4 is 4.90 Å². The Bertz CT molecular complexity index is 1600. The van der Waals surface area contributed by atoms with Crippen LogP contribution in [-0.2, 0) is 5.41 Å². The summed E-state index contributed by atoms with van der Waals surface area (Å²) in [5, 5.41) is 0. The molecule has 0 fully saturated rings. The van der Waals surface area contributed by atoms with Gasteiger partial charge in [-0.1, -0.05) is 36.4 Å². The third-order valence-corrected chi connectivity index (χ3v) is 6.86. The Hall–Kier alpha value is -4.16. The van der Waals surface area contributed by atoms with Crippen molar-refractivity contribution in [3.8, 4) is 11.1 Å². The summed E-state index contributed by atoms with van der Waals surface area (Å²) in [4.78, 5) is 0.442. The van der Waals surface area contributed by atoms with Gasteiger partial charge >= 0.3 is 6.18 Å². The largest absolute Gasteiger partial charge is 0.402 e. The first kappa shape index (κ1) is 27.4. The third-order valence-electron chi connectivity index (χ3n) is 6.86. The fraction of sp³-hybridized carbons (Fsp3) is 0.111. The maximum Gasteiger partial charge on any atom is 0.402 e. The van der Waals surface area contributed by atoms with Crippen molar-refractivity contribution in [3.63, 3.8) is 0 Å².